The normalized spacial score (nSPS) is 20.8. The highest BCUT2D eigenvalue weighted by atomic mass is 16.5. The second kappa shape index (κ2) is 6.05. The van der Waals surface area contributed by atoms with Crippen molar-refractivity contribution in [1.29, 1.82) is 0 Å². The Labute approximate surface area is 128 Å². The van der Waals surface area contributed by atoms with E-state index >= 15 is 0 Å². The van der Waals surface area contributed by atoms with E-state index < -0.39 is 23.4 Å². The third-order valence-electron chi connectivity index (χ3n) is 3.73. The standard InChI is InChI=1S/C15H19N3O4/c1-4-15(2)13(20)18(14(21)16-15)17-12(19)9-10-5-7-11(22-3)8-6-10/h5-8H,4,9H2,1-3H3,(H,16,21)(H,17,19)/t15-/m0/s1. The minimum atomic E-state index is -0.968. The van der Waals surface area contributed by atoms with Gasteiger partial charge in [0, 0.05) is 0 Å². The van der Waals surface area contributed by atoms with E-state index in [2.05, 4.69) is 10.7 Å². The van der Waals surface area contributed by atoms with Gasteiger partial charge < -0.3 is 10.1 Å². The number of ether oxygens (including phenoxy) is 1. The van der Waals surface area contributed by atoms with Gasteiger partial charge >= 0.3 is 6.03 Å². The van der Waals surface area contributed by atoms with Crippen molar-refractivity contribution in [3.8, 4) is 5.75 Å². The minimum Gasteiger partial charge on any atom is -0.497 e. The van der Waals surface area contributed by atoms with Crippen LogP contribution in [-0.2, 0) is 16.0 Å². The topological polar surface area (TPSA) is 87.7 Å². The number of rotatable bonds is 5. The van der Waals surface area contributed by atoms with Crippen molar-refractivity contribution in [3.05, 3.63) is 29.8 Å². The maximum atomic E-state index is 12.2. The van der Waals surface area contributed by atoms with Crippen LogP contribution >= 0.6 is 0 Å². The molecule has 0 bridgehead atoms. The first kappa shape index (κ1) is 15.8. The van der Waals surface area contributed by atoms with Crippen LogP contribution in [0, 0.1) is 0 Å². The van der Waals surface area contributed by atoms with Gasteiger partial charge in [0.15, 0.2) is 0 Å². The van der Waals surface area contributed by atoms with E-state index in [0.29, 0.717) is 12.2 Å². The van der Waals surface area contributed by atoms with Crippen LogP contribution < -0.4 is 15.5 Å². The number of benzene rings is 1. The molecule has 0 aromatic heterocycles. The monoisotopic (exact) mass is 305 g/mol. The van der Waals surface area contributed by atoms with E-state index in [4.69, 9.17) is 4.74 Å². The summed E-state index contributed by atoms with van der Waals surface area (Å²) in [5, 5.41) is 3.32. The molecule has 7 nitrogen and oxygen atoms in total. The molecule has 0 saturated carbocycles. The Morgan fingerprint density at radius 1 is 1.32 bits per heavy atom. The summed E-state index contributed by atoms with van der Waals surface area (Å²) < 4.78 is 5.04. The lowest BCUT2D eigenvalue weighted by molar-refractivity contribution is -0.138. The van der Waals surface area contributed by atoms with E-state index in [1.54, 1.807) is 45.2 Å². The van der Waals surface area contributed by atoms with Crippen molar-refractivity contribution in [3.63, 3.8) is 0 Å². The van der Waals surface area contributed by atoms with Gasteiger partial charge in [-0.15, -0.1) is 0 Å². The van der Waals surface area contributed by atoms with Crippen LogP contribution in [0.4, 0.5) is 4.79 Å². The molecule has 1 aromatic carbocycles. The predicted molar refractivity (Wildman–Crippen MR) is 78.9 cm³/mol. The van der Waals surface area contributed by atoms with Crippen molar-refractivity contribution in [2.75, 3.05) is 7.11 Å². The van der Waals surface area contributed by atoms with Crippen molar-refractivity contribution in [2.45, 2.75) is 32.2 Å². The number of imide groups is 1. The second-order valence-corrected chi connectivity index (χ2v) is 5.32. The van der Waals surface area contributed by atoms with Gasteiger partial charge in [-0.05, 0) is 31.0 Å². The van der Waals surface area contributed by atoms with Gasteiger partial charge in [0.2, 0.25) is 5.91 Å². The zero-order chi connectivity index (χ0) is 16.3. The molecule has 1 aliphatic rings. The van der Waals surface area contributed by atoms with Gasteiger partial charge in [-0.1, -0.05) is 19.1 Å². The molecule has 118 valence electrons. The van der Waals surface area contributed by atoms with Crippen molar-refractivity contribution in [2.24, 2.45) is 0 Å². The van der Waals surface area contributed by atoms with Crippen molar-refractivity contribution < 1.29 is 19.1 Å². The molecular weight excluding hydrogens is 286 g/mol. The zero-order valence-corrected chi connectivity index (χ0v) is 12.8. The lowest BCUT2D eigenvalue weighted by atomic mass is 10.00. The molecule has 7 heteroatoms. The number of carbonyl (C=O) groups excluding carboxylic acids is 3. The van der Waals surface area contributed by atoms with Crippen LogP contribution in [0.25, 0.3) is 0 Å². The van der Waals surface area contributed by atoms with Gasteiger partial charge in [-0.2, -0.15) is 5.01 Å². The Hall–Kier alpha value is -2.57. The van der Waals surface area contributed by atoms with Gasteiger partial charge in [0.25, 0.3) is 5.91 Å². The fourth-order valence-electron chi connectivity index (χ4n) is 2.12. The number of nitrogens with zero attached hydrogens (tertiary/aromatic N) is 1. The third-order valence-corrected chi connectivity index (χ3v) is 3.73. The molecule has 1 heterocycles. The van der Waals surface area contributed by atoms with Gasteiger partial charge in [-0.3, -0.25) is 15.0 Å². The largest absolute Gasteiger partial charge is 0.497 e. The predicted octanol–water partition coefficient (Wildman–Crippen LogP) is 0.989. The summed E-state index contributed by atoms with van der Waals surface area (Å²) in [7, 11) is 1.56. The number of nitrogens with one attached hydrogen (secondary N) is 2. The SMILES string of the molecule is CC[C@]1(C)NC(=O)N(NC(=O)Cc2ccc(OC)cc2)C1=O. The second-order valence-electron chi connectivity index (χ2n) is 5.32. The maximum absolute atomic E-state index is 12.2. The summed E-state index contributed by atoms with van der Waals surface area (Å²) in [5.74, 6) is -0.200. The number of urea groups is 1. The lowest BCUT2D eigenvalue weighted by Gasteiger charge is -2.19. The summed E-state index contributed by atoms with van der Waals surface area (Å²) in [4.78, 5) is 35.9. The molecule has 22 heavy (non-hydrogen) atoms. The molecule has 0 spiro atoms. The summed E-state index contributed by atoms with van der Waals surface area (Å²) in [6.07, 6.45) is 0.506. The Morgan fingerprint density at radius 2 is 1.95 bits per heavy atom. The molecule has 0 unspecified atom stereocenters. The van der Waals surface area contributed by atoms with Crippen LogP contribution in [0.15, 0.2) is 24.3 Å². The minimum absolute atomic E-state index is 0.0594. The lowest BCUT2D eigenvalue weighted by Crippen LogP contribution is -2.49. The van der Waals surface area contributed by atoms with Gasteiger partial charge in [0.05, 0.1) is 13.5 Å². The maximum Gasteiger partial charge on any atom is 0.344 e. The number of hydrogen-bond acceptors (Lipinski definition) is 4. The average molecular weight is 305 g/mol. The van der Waals surface area contributed by atoms with Crippen molar-refractivity contribution in [1.82, 2.24) is 15.8 Å². The Bertz CT molecular complexity index is 599. The fourth-order valence-corrected chi connectivity index (χ4v) is 2.12. The molecule has 0 radical (unpaired) electrons. The molecule has 4 amide bonds. The van der Waals surface area contributed by atoms with E-state index in [9.17, 15) is 14.4 Å². The Kier molecular flexibility index (Phi) is 4.35. The summed E-state index contributed by atoms with van der Waals surface area (Å²) in [6.45, 7) is 3.42. The molecule has 2 rings (SSSR count). The summed E-state index contributed by atoms with van der Waals surface area (Å²) in [6, 6.07) is 6.37. The van der Waals surface area contributed by atoms with Crippen LogP contribution in [0.5, 0.6) is 5.75 Å². The van der Waals surface area contributed by atoms with Crippen LogP contribution in [0.2, 0.25) is 0 Å². The number of amides is 4. The zero-order valence-electron chi connectivity index (χ0n) is 12.8. The van der Waals surface area contributed by atoms with Crippen LogP contribution in [0.1, 0.15) is 25.8 Å². The molecule has 1 saturated heterocycles. The van der Waals surface area contributed by atoms with Crippen LogP contribution in [0.3, 0.4) is 0 Å². The molecule has 1 atom stereocenters. The quantitative estimate of drug-likeness (QED) is 0.794. The van der Waals surface area contributed by atoms with Crippen LogP contribution in [-0.4, -0.2) is 35.5 Å². The fraction of sp³-hybridized carbons (Fsp3) is 0.400. The first-order chi connectivity index (χ1) is 10.4. The van der Waals surface area contributed by atoms with E-state index in [0.717, 1.165) is 10.6 Å². The first-order valence-electron chi connectivity index (χ1n) is 6.98. The molecule has 1 fully saturated rings. The number of hydrogen-bond donors (Lipinski definition) is 2. The highest BCUT2D eigenvalue weighted by Gasteiger charge is 2.47. The third kappa shape index (κ3) is 3.03. The highest BCUT2D eigenvalue weighted by molar-refractivity contribution is 6.07. The average Bonchev–Trinajstić information content (AvgIpc) is 2.72. The van der Waals surface area contributed by atoms with Gasteiger partial charge in [-0.25, -0.2) is 4.79 Å². The summed E-state index contributed by atoms with van der Waals surface area (Å²) >= 11 is 0. The number of hydrazine groups is 1. The highest BCUT2D eigenvalue weighted by Crippen LogP contribution is 2.19. The molecule has 1 aliphatic heterocycles. The Morgan fingerprint density at radius 3 is 2.45 bits per heavy atom. The van der Waals surface area contributed by atoms with Gasteiger partial charge in [0.1, 0.15) is 11.3 Å². The Balaban J connectivity index is 1.99. The molecule has 1 aromatic rings. The molecule has 2 N–H and O–H groups in total. The van der Waals surface area contributed by atoms with E-state index in [1.165, 1.54) is 0 Å². The molecule has 0 aliphatic carbocycles. The number of carbonyl (C=O) groups is 3. The molecular formula is C15H19N3O4. The number of methoxy groups -OCH3 is 1. The van der Waals surface area contributed by atoms with Crippen molar-refractivity contribution >= 4 is 17.8 Å². The first-order valence-corrected chi connectivity index (χ1v) is 6.98. The van der Waals surface area contributed by atoms with E-state index in [1.807, 2.05) is 0 Å². The summed E-state index contributed by atoms with van der Waals surface area (Å²) in [5.41, 5.74) is 2.13. The van der Waals surface area contributed by atoms with E-state index in [-0.39, 0.29) is 6.42 Å². The smallest absolute Gasteiger partial charge is 0.344 e.